The standard InChI is InChI=1S/C17H21BrF3N5O2/c1-16(2,3)28-15(27)25-7-4-5-10(9-25)23-13-14-22-6-8-26(14)11(12(18)24-13)17(19,20)21/h6,8,10H,4-5,7,9H2,1-3H3,(H,23,24)/t10-/m0/s1. The zero-order valence-electron chi connectivity index (χ0n) is 15.7. The molecule has 3 heterocycles. The smallest absolute Gasteiger partial charge is 0.434 e. The van der Waals surface area contributed by atoms with Crippen LogP contribution in [0.2, 0.25) is 0 Å². The monoisotopic (exact) mass is 463 g/mol. The number of rotatable bonds is 2. The molecule has 0 spiro atoms. The summed E-state index contributed by atoms with van der Waals surface area (Å²) >= 11 is 2.92. The van der Waals surface area contributed by atoms with Crippen LogP contribution in [0.15, 0.2) is 17.0 Å². The lowest BCUT2D eigenvalue weighted by molar-refractivity contribution is -0.142. The van der Waals surface area contributed by atoms with Crippen LogP contribution in [0.1, 0.15) is 39.3 Å². The van der Waals surface area contributed by atoms with Crippen molar-refractivity contribution in [2.24, 2.45) is 0 Å². The van der Waals surface area contributed by atoms with Gasteiger partial charge in [0.1, 0.15) is 10.2 Å². The zero-order valence-corrected chi connectivity index (χ0v) is 17.3. The van der Waals surface area contributed by atoms with Gasteiger partial charge in [-0.05, 0) is 49.5 Å². The molecule has 2 aromatic heterocycles. The second-order valence-electron chi connectivity index (χ2n) is 7.63. The molecule has 1 atom stereocenters. The van der Waals surface area contributed by atoms with Crippen LogP contribution in [0.4, 0.5) is 23.8 Å². The molecule has 1 aliphatic heterocycles. The second kappa shape index (κ2) is 7.41. The number of alkyl halides is 3. The van der Waals surface area contributed by atoms with E-state index in [-0.39, 0.29) is 22.1 Å². The van der Waals surface area contributed by atoms with Gasteiger partial charge in [-0.2, -0.15) is 13.2 Å². The minimum Gasteiger partial charge on any atom is -0.444 e. The number of amides is 1. The molecule has 0 aromatic carbocycles. The molecule has 154 valence electrons. The topological polar surface area (TPSA) is 71.8 Å². The van der Waals surface area contributed by atoms with Gasteiger partial charge in [-0.1, -0.05) is 0 Å². The maximum Gasteiger partial charge on any atom is 0.434 e. The number of nitrogens with one attached hydrogen (secondary N) is 1. The molecular weight excluding hydrogens is 443 g/mol. The predicted molar refractivity (Wildman–Crippen MR) is 100 cm³/mol. The zero-order chi connectivity index (χ0) is 20.7. The van der Waals surface area contributed by atoms with Crippen molar-refractivity contribution in [2.75, 3.05) is 18.4 Å². The normalized spacial score (nSPS) is 18.4. The van der Waals surface area contributed by atoms with E-state index < -0.39 is 23.6 Å². The highest BCUT2D eigenvalue weighted by atomic mass is 79.9. The lowest BCUT2D eigenvalue weighted by Gasteiger charge is -2.34. The summed E-state index contributed by atoms with van der Waals surface area (Å²) in [6.07, 6.45) is -0.981. The Morgan fingerprint density at radius 2 is 2.07 bits per heavy atom. The van der Waals surface area contributed by atoms with Crippen LogP contribution >= 0.6 is 15.9 Å². The number of nitrogens with zero attached hydrogens (tertiary/aromatic N) is 4. The van der Waals surface area contributed by atoms with E-state index in [1.807, 2.05) is 0 Å². The van der Waals surface area contributed by atoms with Gasteiger partial charge in [-0.15, -0.1) is 0 Å². The van der Waals surface area contributed by atoms with Crippen LogP contribution in [0.5, 0.6) is 0 Å². The maximum atomic E-state index is 13.3. The Morgan fingerprint density at radius 1 is 1.36 bits per heavy atom. The molecule has 1 saturated heterocycles. The van der Waals surface area contributed by atoms with Crippen LogP contribution in [-0.2, 0) is 10.9 Å². The van der Waals surface area contributed by atoms with E-state index in [0.717, 1.165) is 17.2 Å². The summed E-state index contributed by atoms with van der Waals surface area (Å²) in [4.78, 5) is 21.9. The third-order valence-corrected chi connectivity index (χ3v) is 4.73. The first-order chi connectivity index (χ1) is 13.0. The van der Waals surface area contributed by atoms with Crippen LogP contribution in [0.25, 0.3) is 5.65 Å². The van der Waals surface area contributed by atoms with Crippen LogP contribution in [0.3, 0.4) is 0 Å². The Kier molecular flexibility index (Phi) is 5.48. The van der Waals surface area contributed by atoms with Gasteiger partial charge >= 0.3 is 12.3 Å². The number of carbonyl (C=O) groups is 1. The Bertz CT molecular complexity index is 878. The SMILES string of the molecule is CC(C)(C)OC(=O)N1CCC[C@H](Nc2nc(Br)c(C(F)(F)F)n3ccnc23)C1. The highest BCUT2D eigenvalue weighted by Crippen LogP contribution is 2.36. The van der Waals surface area contributed by atoms with Gasteiger partial charge in [-0.3, -0.25) is 4.40 Å². The minimum atomic E-state index is -4.58. The highest BCUT2D eigenvalue weighted by molar-refractivity contribution is 9.10. The lowest BCUT2D eigenvalue weighted by atomic mass is 10.1. The minimum absolute atomic E-state index is 0.0740. The number of hydrogen-bond acceptors (Lipinski definition) is 5. The van der Waals surface area contributed by atoms with Crippen molar-refractivity contribution in [3.05, 3.63) is 22.7 Å². The van der Waals surface area contributed by atoms with E-state index in [0.29, 0.717) is 13.1 Å². The molecule has 0 bridgehead atoms. The predicted octanol–water partition coefficient (Wildman–Crippen LogP) is 4.32. The number of ether oxygens (including phenoxy) is 1. The first kappa shape index (κ1) is 20.7. The number of halogens is 4. The molecule has 28 heavy (non-hydrogen) atoms. The number of hydrogen-bond donors (Lipinski definition) is 1. The second-order valence-corrected chi connectivity index (χ2v) is 8.38. The van der Waals surface area contributed by atoms with Crippen molar-refractivity contribution >= 4 is 33.5 Å². The molecule has 0 saturated carbocycles. The quantitative estimate of drug-likeness (QED) is 0.717. The third-order valence-electron chi connectivity index (χ3n) is 4.18. The van der Waals surface area contributed by atoms with Gasteiger partial charge in [0.15, 0.2) is 17.2 Å². The molecule has 1 fully saturated rings. The van der Waals surface area contributed by atoms with Gasteiger partial charge < -0.3 is 15.0 Å². The van der Waals surface area contributed by atoms with E-state index >= 15 is 0 Å². The fourth-order valence-electron chi connectivity index (χ4n) is 3.09. The summed E-state index contributed by atoms with van der Waals surface area (Å²) in [5.41, 5.74) is -1.45. The third kappa shape index (κ3) is 4.50. The van der Waals surface area contributed by atoms with Gasteiger partial charge in [0.05, 0.1) is 0 Å². The summed E-state index contributed by atoms with van der Waals surface area (Å²) in [5, 5.41) is 3.14. The molecule has 1 amide bonds. The van der Waals surface area contributed by atoms with Crippen molar-refractivity contribution in [2.45, 2.75) is 51.4 Å². The molecule has 3 rings (SSSR count). The first-order valence-corrected chi connectivity index (χ1v) is 9.59. The van der Waals surface area contributed by atoms with Crippen molar-refractivity contribution < 1.29 is 22.7 Å². The summed E-state index contributed by atoms with van der Waals surface area (Å²) in [5.74, 6) is 0.223. The van der Waals surface area contributed by atoms with E-state index in [1.165, 1.54) is 12.4 Å². The van der Waals surface area contributed by atoms with Gasteiger partial charge in [0.25, 0.3) is 0 Å². The van der Waals surface area contributed by atoms with E-state index in [2.05, 4.69) is 31.2 Å². The number of piperidine rings is 1. The Balaban J connectivity index is 1.81. The first-order valence-electron chi connectivity index (χ1n) is 8.80. The maximum absolute atomic E-state index is 13.3. The van der Waals surface area contributed by atoms with Crippen molar-refractivity contribution in [3.8, 4) is 0 Å². The number of anilines is 1. The average molecular weight is 464 g/mol. The fourth-order valence-corrected chi connectivity index (χ4v) is 3.68. The summed E-state index contributed by atoms with van der Waals surface area (Å²) in [6, 6.07) is -0.182. The van der Waals surface area contributed by atoms with Gasteiger partial charge in [-0.25, -0.2) is 14.8 Å². The van der Waals surface area contributed by atoms with Crippen molar-refractivity contribution in [1.82, 2.24) is 19.3 Å². The molecule has 11 heteroatoms. The molecule has 0 unspecified atom stereocenters. The van der Waals surface area contributed by atoms with E-state index in [9.17, 15) is 18.0 Å². The molecule has 1 N–H and O–H groups in total. The Labute approximate surface area is 168 Å². The van der Waals surface area contributed by atoms with Crippen LogP contribution < -0.4 is 5.32 Å². The van der Waals surface area contributed by atoms with Crippen LogP contribution in [-0.4, -0.2) is 50.1 Å². The molecule has 0 aliphatic carbocycles. The Morgan fingerprint density at radius 3 is 2.71 bits per heavy atom. The van der Waals surface area contributed by atoms with E-state index in [1.54, 1.807) is 25.7 Å². The van der Waals surface area contributed by atoms with Crippen molar-refractivity contribution in [3.63, 3.8) is 0 Å². The number of fused-ring (bicyclic) bond motifs is 1. The molecule has 0 radical (unpaired) electrons. The number of likely N-dealkylation sites (tertiary alicyclic amines) is 1. The Hall–Kier alpha value is -2.04. The van der Waals surface area contributed by atoms with Crippen LogP contribution in [0, 0.1) is 0 Å². The largest absolute Gasteiger partial charge is 0.444 e. The average Bonchev–Trinajstić information content (AvgIpc) is 3.01. The molecule has 1 aliphatic rings. The van der Waals surface area contributed by atoms with Crippen molar-refractivity contribution in [1.29, 1.82) is 0 Å². The molecule has 2 aromatic rings. The van der Waals surface area contributed by atoms with Gasteiger partial charge in [0.2, 0.25) is 0 Å². The number of aromatic nitrogens is 3. The summed E-state index contributed by atoms with van der Waals surface area (Å²) < 4.78 is 46.0. The molecular formula is C17H21BrF3N5O2. The van der Waals surface area contributed by atoms with Gasteiger partial charge in [0, 0.05) is 31.5 Å². The highest BCUT2D eigenvalue weighted by Gasteiger charge is 2.38. The fraction of sp³-hybridized carbons (Fsp3) is 0.588. The number of carbonyl (C=O) groups excluding carboxylic acids is 1. The summed E-state index contributed by atoms with van der Waals surface area (Å²) in [7, 11) is 0. The van der Waals surface area contributed by atoms with E-state index in [4.69, 9.17) is 4.74 Å². The lowest BCUT2D eigenvalue weighted by Crippen LogP contribution is -2.47. The molecule has 7 nitrogen and oxygen atoms in total. The number of imidazole rings is 1. The summed E-state index contributed by atoms with van der Waals surface area (Å²) in [6.45, 7) is 6.31.